The minimum Gasteiger partial charge on any atom is -0.460 e. The summed E-state index contributed by atoms with van der Waals surface area (Å²) in [5.74, 6) is -0.321. The molecule has 0 spiro atoms. The molecule has 1 saturated heterocycles. The highest BCUT2D eigenvalue weighted by atomic mass is 35.5. The van der Waals surface area contributed by atoms with E-state index in [2.05, 4.69) is 35.1 Å². The molecule has 9 heteroatoms. The number of aromatic nitrogens is 3. The van der Waals surface area contributed by atoms with E-state index in [9.17, 15) is 9.59 Å². The van der Waals surface area contributed by atoms with Crippen molar-refractivity contribution >= 4 is 23.5 Å². The summed E-state index contributed by atoms with van der Waals surface area (Å²) in [5.41, 5.74) is 2.91. The third-order valence-corrected chi connectivity index (χ3v) is 8.55. The summed E-state index contributed by atoms with van der Waals surface area (Å²) in [6, 6.07) is 15.7. The van der Waals surface area contributed by atoms with Crippen molar-refractivity contribution in [3.8, 4) is 0 Å². The number of hydrogen-bond donors (Lipinski definition) is 0. The molecule has 3 aromatic rings. The Morgan fingerprint density at radius 1 is 1.14 bits per heavy atom. The molecule has 1 atom stereocenters. The Hall–Kier alpha value is -3.23. The van der Waals surface area contributed by atoms with Gasteiger partial charge in [-0.05, 0) is 67.7 Å². The molecule has 1 aliphatic rings. The van der Waals surface area contributed by atoms with Gasteiger partial charge in [0.15, 0.2) is 0 Å². The molecule has 1 amide bonds. The van der Waals surface area contributed by atoms with E-state index in [4.69, 9.17) is 16.3 Å². The van der Waals surface area contributed by atoms with Gasteiger partial charge in [-0.25, -0.2) is 0 Å². The molecule has 42 heavy (non-hydrogen) atoms. The molecular formula is C33H44ClN5O3. The van der Waals surface area contributed by atoms with E-state index in [1.54, 1.807) is 0 Å². The van der Waals surface area contributed by atoms with Crippen molar-refractivity contribution in [3.63, 3.8) is 0 Å². The van der Waals surface area contributed by atoms with Crippen LogP contribution in [0.15, 0.2) is 54.7 Å². The van der Waals surface area contributed by atoms with Gasteiger partial charge in [-0.1, -0.05) is 73.1 Å². The molecule has 1 unspecified atom stereocenters. The predicted octanol–water partition coefficient (Wildman–Crippen LogP) is 5.74. The Morgan fingerprint density at radius 3 is 2.57 bits per heavy atom. The van der Waals surface area contributed by atoms with Crippen LogP contribution in [0.2, 0.25) is 5.02 Å². The summed E-state index contributed by atoms with van der Waals surface area (Å²) in [5, 5.41) is 9.17. The highest BCUT2D eigenvalue weighted by Crippen LogP contribution is 2.41. The number of halogens is 1. The van der Waals surface area contributed by atoms with Crippen LogP contribution in [-0.2, 0) is 40.4 Å². The second-order valence-corrected chi connectivity index (χ2v) is 13.3. The van der Waals surface area contributed by atoms with E-state index in [0.717, 1.165) is 35.5 Å². The number of carbonyl (C=O) groups is 2. The lowest BCUT2D eigenvalue weighted by Gasteiger charge is -2.33. The van der Waals surface area contributed by atoms with Gasteiger partial charge in [0.05, 0.1) is 17.7 Å². The summed E-state index contributed by atoms with van der Waals surface area (Å²) in [4.78, 5) is 30.4. The van der Waals surface area contributed by atoms with E-state index in [1.165, 1.54) is 0 Å². The molecule has 0 bridgehead atoms. The smallest absolute Gasteiger partial charge is 0.312 e. The van der Waals surface area contributed by atoms with E-state index in [-0.39, 0.29) is 29.8 Å². The molecule has 0 radical (unpaired) electrons. The average Bonchev–Trinajstić information content (AvgIpc) is 3.37. The molecular weight excluding hydrogens is 550 g/mol. The van der Waals surface area contributed by atoms with Crippen molar-refractivity contribution in [2.75, 3.05) is 26.7 Å². The molecule has 1 aliphatic heterocycles. The number of benzene rings is 2. The Labute approximate surface area is 255 Å². The van der Waals surface area contributed by atoms with Gasteiger partial charge < -0.3 is 9.64 Å². The van der Waals surface area contributed by atoms with E-state index < -0.39 is 5.41 Å². The quantitative estimate of drug-likeness (QED) is 0.264. The maximum atomic E-state index is 13.6. The molecule has 0 aliphatic carbocycles. The van der Waals surface area contributed by atoms with Crippen LogP contribution in [0.1, 0.15) is 69.3 Å². The van der Waals surface area contributed by atoms with Gasteiger partial charge in [0.2, 0.25) is 5.91 Å². The number of likely N-dealkylation sites (N-methyl/N-ethyl adjacent to an activating group) is 1. The first-order chi connectivity index (χ1) is 19.9. The van der Waals surface area contributed by atoms with Gasteiger partial charge in [-0.3, -0.25) is 19.2 Å². The molecule has 2 aromatic carbocycles. The zero-order valence-electron chi connectivity index (χ0n) is 25.8. The summed E-state index contributed by atoms with van der Waals surface area (Å²) in [6.45, 7) is 13.6. The normalized spacial score (nSPS) is 16.7. The number of esters is 1. The van der Waals surface area contributed by atoms with Gasteiger partial charge >= 0.3 is 5.97 Å². The minimum atomic E-state index is -0.829. The van der Waals surface area contributed by atoms with Crippen LogP contribution in [0.4, 0.5) is 0 Å². The fourth-order valence-electron chi connectivity index (χ4n) is 5.93. The Kier molecular flexibility index (Phi) is 10.1. The van der Waals surface area contributed by atoms with Crippen LogP contribution in [0.25, 0.3) is 0 Å². The third-order valence-electron chi connectivity index (χ3n) is 8.18. The number of ether oxygens (including phenoxy) is 1. The van der Waals surface area contributed by atoms with Crippen LogP contribution in [0, 0.1) is 10.8 Å². The Morgan fingerprint density at radius 2 is 1.88 bits per heavy atom. The standard InChI is InChI=1S/C33H44ClN5O3/c1-7-39-19-27(35-36-39)14-15-28(33(4,5)31(41)42-21-24-11-9-8-10-12-24)25-13-16-29(34)26(17-25)18-38-20-30(40)37(6)22-32(2,3)23-38/h8-13,16-17,19,28H,7,14-15,18,20-23H2,1-6H3. The van der Waals surface area contributed by atoms with Crippen LogP contribution in [-0.4, -0.2) is 63.4 Å². The molecule has 226 valence electrons. The molecule has 0 saturated carbocycles. The SMILES string of the molecule is CCn1cc(CCC(c2ccc(Cl)c(CN3CC(=O)N(C)CC(C)(C)C3)c2)C(C)(C)C(=O)OCc2ccccc2)nn1. The topological polar surface area (TPSA) is 80.6 Å². The monoisotopic (exact) mass is 593 g/mol. The first-order valence-corrected chi connectivity index (χ1v) is 15.1. The van der Waals surface area contributed by atoms with Gasteiger partial charge in [-0.2, -0.15) is 0 Å². The number of rotatable bonds is 11. The van der Waals surface area contributed by atoms with E-state index >= 15 is 0 Å². The number of nitrogens with zero attached hydrogens (tertiary/aromatic N) is 5. The van der Waals surface area contributed by atoms with Crippen LogP contribution < -0.4 is 0 Å². The molecule has 1 aromatic heterocycles. The lowest BCUT2D eigenvalue weighted by molar-refractivity contribution is -0.157. The fraction of sp³-hybridized carbons (Fsp3) is 0.515. The van der Waals surface area contributed by atoms with Crippen LogP contribution >= 0.6 is 11.6 Å². The van der Waals surface area contributed by atoms with Crippen molar-refractivity contribution in [3.05, 3.63) is 82.1 Å². The van der Waals surface area contributed by atoms with Crippen molar-refractivity contribution < 1.29 is 14.3 Å². The zero-order chi connectivity index (χ0) is 30.5. The lowest BCUT2D eigenvalue weighted by Crippen LogP contribution is -2.35. The van der Waals surface area contributed by atoms with Crippen LogP contribution in [0.3, 0.4) is 0 Å². The summed E-state index contributed by atoms with van der Waals surface area (Å²) in [6.07, 6.45) is 3.30. The van der Waals surface area contributed by atoms with Gasteiger partial charge in [0.25, 0.3) is 0 Å². The number of aryl methyl sites for hydroxylation is 2. The average molecular weight is 594 g/mol. The predicted molar refractivity (Wildman–Crippen MR) is 165 cm³/mol. The Balaban J connectivity index is 1.61. The van der Waals surface area contributed by atoms with E-state index in [0.29, 0.717) is 37.5 Å². The third kappa shape index (κ3) is 7.98. The van der Waals surface area contributed by atoms with E-state index in [1.807, 2.05) is 86.1 Å². The highest BCUT2D eigenvalue weighted by molar-refractivity contribution is 6.31. The van der Waals surface area contributed by atoms with Gasteiger partial charge in [0.1, 0.15) is 6.61 Å². The number of amides is 1. The molecule has 0 N–H and O–H groups in total. The maximum Gasteiger partial charge on any atom is 0.312 e. The van der Waals surface area contributed by atoms with Gasteiger partial charge in [-0.15, -0.1) is 5.10 Å². The second-order valence-electron chi connectivity index (χ2n) is 12.9. The molecule has 4 rings (SSSR count). The fourth-order valence-corrected chi connectivity index (χ4v) is 6.11. The summed E-state index contributed by atoms with van der Waals surface area (Å²) in [7, 11) is 1.86. The van der Waals surface area contributed by atoms with Crippen molar-refractivity contribution in [1.29, 1.82) is 0 Å². The highest BCUT2D eigenvalue weighted by Gasteiger charge is 2.39. The Bertz CT molecular complexity index is 1370. The lowest BCUT2D eigenvalue weighted by atomic mass is 9.72. The summed E-state index contributed by atoms with van der Waals surface area (Å²) >= 11 is 6.75. The first-order valence-electron chi connectivity index (χ1n) is 14.7. The van der Waals surface area contributed by atoms with Crippen LogP contribution in [0.5, 0.6) is 0 Å². The molecule has 1 fully saturated rings. The first kappa shape index (κ1) is 31.7. The van der Waals surface area contributed by atoms with Crippen molar-refractivity contribution in [2.24, 2.45) is 10.8 Å². The number of carbonyl (C=O) groups excluding carboxylic acids is 2. The molecule has 2 heterocycles. The zero-order valence-corrected chi connectivity index (χ0v) is 26.5. The maximum absolute atomic E-state index is 13.6. The summed E-state index contributed by atoms with van der Waals surface area (Å²) < 4.78 is 7.67. The number of hydrogen-bond acceptors (Lipinski definition) is 6. The molecule has 8 nitrogen and oxygen atoms in total. The van der Waals surface area contributed by atoms with Crippen molar-refractivity contribution in [2.45, 2.75) is 73.1 Å². The minimum absolute atomic E-state index is 0.0477. The van der Waals surface area contributed by atoms with Gasteiger partial charge in [0, 0.05) is 44.4 Å². The van der Waals surface area contributed by atoms with Crippen molar-refractivity contribution in [1.82, 2.24) is 24.8 Å². The largest absolute Gasteiger partial charge is 0.460 e. The second kappa shape index (κ2) is 13.4.